The zero-order valence-electron chi connectivity index (χ0n) is 21.7. The third-order valence-corrected chi connectivity index (χ3v) is 7.24. The molecule has 42 heavy (non-hydrogen) atoms. The normalized spacial score (nSPS) is 17.5. The molecule has 2 amide bonds. The minimum Gasteiger partial charge on any atom is -0.366 e. The Morgan fingerprint density at radius 1 is 0.500 bits per heavy atom. The maximum absolute atomic E-state index is 14.7. The summed E-state index contributed by atoms with van der Waals surface area (Å²) in [7, 11) is 0. The van der Waals surface area contributed by atoms with E-state index in [0.717, 1.165) is 12.1 Å². The van der Waals surface area contributed by atoms with Crippen molar-refractivity contribution in [1.82, 2.24) is 9.80 Å². The predicted octanol–water partition coefficient (Wildman–Crippen LogP) is 4.50. The van der Waals surface area contributed by atoms with Crippen LogP contribution in [0.25, 0.3) is 0 Å². The number of amides is 2. The second-order valence-corrected chi connectivity index (χ2v) is 9.76. The molecule has 2 fully saturated rings. The molecular formula is C26H24F10N4O2. The Morgan fingerprint density at radius 2 is 0.786 bits per heavy atom. The van der Waals surface area contributed by atoms with Gasteiger partial charge < -0.3 is 19.6 Å². The van der Waals surface area contributed by atoms with E-state index in [2.05, 4.69) is 0 Å². The van der Waals surface area contributed by atoms with Crippen molar-refractivity contribution in [3.63, 3.8) is 0 Å². The van der Waals surface area contributed by atoms with Crippen LogP contribution >= 0.6 is 0 Å². The van der Waals surface area contributed by atoms with Crippen LogP contribution in [0.2, 0.25) is 0 Å². The van der Waals surface area contributed by atoms with E-state index in [4.69, 9.17) is 0 Å². The molecule has 0 aliphatic carbocycles. The van der Waals surface area contributed by atoms with Gasteiger partial charge in [0.25, 0.3) is 11.8 Å². The summed E-state index contributed by atoms with van der Waals surface area (Å²) >= 11 is 0. The fourth-order valence-corrected chi connectivity index (χ4v) is 4.78. The summed E-state index contributed by atoms with van der Waals surface area (Å²) in [5.74, 6) is -33.8. The molecule has 2 aromatic carbocycles. The van der Waals surface area contributed by atoms with Crippen LogP contribution in [0.15, 0.2) is 48.5 Å². The predicted molar refractivity (Wildman–Crippen MR) is 130 cm³/mol. The van der Waals surface area contributed by atoms with Gasteiger partial charge in [-0.25, -0.2) is 8.78 Å². The topological polar surface area (TPSA) is 47.1 Å². The number of anilines is 2. The number of hydrogen-bond donors (Lipinski definition) is 0. The first-order valence-electron chi connectivity index (χ1n) is 12.6. The van der Waals surface area contributed by atoms with Crippen LogP contribution in [0.4, 0.5) is 55.3 Å². The molecular weight excluding hydrogens is 590 g/mol. The summed E-state index contributed by atoms with van der Waals surface area (Å²) in [6.45, 7) is -4.32. The van der Waals surface area contributed by atoms with Gasteiger partial charge in [0.05, 0.1) is 11.4 Å². The Labute approximate surface area is 233 Å². The van der Waals surface area contributed by atoms with E-state index in [1.165, 1.54) is 46.2 Å². The van der Waals surface area contributed by atoms with Crippen molar-refractivity contribution in [1.29, 1.82) is 0 Å². The molecule has 6 nitrogen and oxygen atoms in total. The summed E-state index contributed by atoms with van der Waals surface area (Å²) in [6, 6.07) is 10.5. The average Bonchev–Trinajstić information content (AvgIpc) is 2.97. The largest absolute Gasteiger partial charge is 0.392 e. The molecule has 4 rings (SSSR count). The highest BCUT2D eigenvalue weighted by molar-refractivity contribution is 5.88. The Balaban J connectivity index is 1.45. The summed E-state index contributed by atoms with van der Waals surface area (Å²) in [6.07, 6.45) is 0. The molecule has 16 heteroatoms. The molecule has 2 aromatic rings. The lowest BCUT2D eigenvalue weighted by Crippen LogP contribution is -2.70. The van der Waals surface area contributed by atoms with Gasteiger partial charge in [0.15, 0.2) is 0 Å². The van der Waals surface area contributed by atoms with E-state index in [9.17, 15) is 53.5 Å². The van der Waals surface area contributed by atoms with Crippen molar-refractivity contribution in [2.45, 2.75) is 23.7 Å². The number of alkyl halides is 8. The van der Waals surface area contributed by atoms with Gasteiger partial charge >= 0.3 is 23.7 Å². The molecule has 0 unspecified atom stereocenters. The molecule has 2 saturated heterocycles. The van der Waals surface area contributed by atoms with Crippen molar-refractivity contribution in [2.24, 2.45) is 0 Å². The lowest BCUT2D eigenvalue weighted by molar-refractivity contribution is -0.350. The van der Waals surface area contributed by atoms with Gasteiger partial charge in [-0.3, -0.25) is 9.59 Å². The van der Waals surface area contributed by atoms with Crippen LogP contribution in [-0.4, -0.2) is 97.7 Å². The van der Waals surface area contributed by atoms with Crippen molar-refractivity contribution in [2.75, 3.05) is 62.2 Å². The molecule has 0 spiro atoms. The van der Waals surface area contributed by atoms with Crippen LogP contribution in [0.3, 0.4) is 0 Å². The Bertz CT molecular complexity index is 1210. The molecule has 0 radical (unpaired) electrons. The zero-order valence-corrected chi connectivity index (χ0v) is 21.7. The van der Waals surface area contributed by atoms with Gasteiger partial charge in [0, 0.05) is 52.4 Å². The molecule has 0 N–H and O–H groups in total. The smallest absolute Gasteiger partial charge is 0.366 e. The third-order valence-electron chi connectivity index (χ3n) is 7.24. The maximum Gasteiger partial charge on any atom is 0.392 e. The third kappa shape index (κ3) is 5.19. The highest BCUT2D eigenvalue weighted by Gasteiger charge is 2.85. The van der Waals surface area contributed by atoms with Crippen molar-refractivity contribution in [3.05, 3.63) is 60.2 Å². The number of carbonyl (C=O) groups is 2. The minimum absolute atomic E-state index is 0.0149. The number of hydrogen-bond acceptors (Lipinski definition) is 4. The number of para-hydroxylation sites is 2. The lowest BCUT2D eigenvalue weighted by Gasteiger charge is -2.42. The van der Waals surface area contributed by atoms with Gasteiger partial charge in [-0.2, -0.15) is 35.1 Å². The molecule has 0 saturated carbocycles. The van der Waals surface area contributed by atoms with Gasteiger partial charge in [-0.05, 0) is 24.3 Å². The van der Waals surface area contributed by atoms with E-state index >= 15 is 0 Å². The summed E-state index contributed by atoms with van der Waals surface area (Å²) in [4.78, 5) is 27.4. The minimum atomic E-state index is -6.99. The monoisotopic (exact) mass is 614 g/mol. The maximum atomic E-state index is 14.7. The van der Waals surface area contributed by atoms with Crippen LogP contribution in [0.1, 0.15) is 0 Å². The van der Waals surface area contributed by atoms with Gasteiger partial charge in [-0.15, -0.1) is 0 Å². The first kappa shape index (κ1) is 31.2. The van der Waals surface area contributed by atoms with Crippen molar-refractivity contribution < 1.29 is 53.5 Å². The van der Waals surface area contributed by atoms with Gasteiger partial charge in [0.2, 0.25) is 0 Å². The lowest BCUT2D eigenvalue weighted by atomic mass is 9.96. The second kappa shape index (κ2) is 11.2. The molecule has 0 aromatic heterocycles. The second-order valence-electron chi connectivity index (χ2n) is 9.76. The van der Waals surface area contributed by atoms with E-state index in [-0.39, 0.29) is 47.4 Å². The standard InChI is InChI=1S/C26H24F10N4O2/c27-17-5-1-3-7-19(17)37-9-13-39(14-10-37)21(41)23(29,30)25(33,34)26(35,36)24(31,32)22(42)40-15-11-38(12-16-40)20-8-4-2-6-18(20)28/h1-8H,9-16H2. The number of carbonyl (C=O) groups excluding carboxylic acids is 2. The number of piperazine rings is 2. The summed E-state index contributed by atoms with van der Waals surface area (Å²) < 4.78 is 145. The number of nitrogens with zero attached hydrogens (tertiary/aromatic N) is 4. The number of rotatable bonds is 7. The molecule has 2 aliphatic rings. The molecule has 230 valence electrons. The van der Waals surface area contributed by atoms with E-state index in [0.29, 0.717) is 0 Å². The van der Waals surface area contributed by atoms with Crippen LogP contribution < -0.4 is 9.80 Å². The van der Waals surface area contributed by atoms with E-state index in [1.807, 2.05) is 0 Å². The van der Waals surface area contributed by atoms with E-state index < -0.39 is 73.3 Å². The highest BCUT2D eigenvalue weighted by atomic mass is 19.4. The fraction of sp³-hybridized carbons (Fsp3) is 0.462. The SMILES string of the molecule is O=C(N1CCN(c2ccccc2F)CC1)C(F)(F)C(F)(F)C(F)(F)C(F)(F)C(=O)N1CCN(c2ccccc2F)CC1. The zero-order chi connectivity index (χ0) is 31.1. The van der Waals surface area contributed by atoms with Crippen LogP contribution in [0, 0.1) is 11.6 Å². The highest BCUT2D eigenvalue weighted by Crippen LogP contribution is 2.53. The molecule has 2 heterocycles. The fourth-order valence-electron chi connectivity index (χ4n) is 4.78. The van der Waals surface area contributed by atoms with Gasteiger partial charge in [0.1, 0.15) is 11.6 Å². The van der Waals surface area contributed by atoms with Crippen LogP contribution in [0.5, 0.6) is 0 Å². The Morgan fingerprint density at radius 3 is 1.07 bits per heavy atom. The van der Waals surface area contributed by atoms with Crippen molar-refractivity contribution >= 4 is 23.2 Å². The van der Waals surface area contributed by atoms with Crippen molar-refractivity contribution in [3.8, 4) is 0 Å². The summed E-state index contributed by atoms with van der Waals surface area (Å²) in [5.41, 5.74) is 0.0298. The quantitative estimate of drug-likeness (QED) is 0.432. The first-order valence-corrected chi connectivity index (χ1v) is 12.6. The van der Waals surface area contributed by atoms with E-state index in [1.54, 1.807) is 0 Å². The Kier molecular flexibility index (Phi) is 8.30. The average molecular weight is 614 g/mol. The Hall–Kier alpha value is -3.72. The number of benzene rings is 2. The molecule has 2 aliphatic heterocycles. The molecule has 0 atom stereocenters. The first-order chi connectivity index (χ1) is 19.5. The molecule has 0 bridgehead atoms. The summed E-state index contributed by atoms with van der Waals surface area (Å²) in [5, 5.41) is 0. The van der Waals surface area contributed by atoms with Crippen LogP contribution in [-0.2, 0) is 9.59 Å². The number of halogens is 10. The van der Waals surface area contributed by atoms with Gasteiger partial charge in [-0.1, -0.05) is 24.3 Å².